The van der Waals surface area contributed by atoms with Crippen LogP contribution in [0.1, 0.15) is 51.2 Å². The highest BCUT2D eigenvalue weighted by atomic mass is 19.4. The predicted molar refractivity (Wildman–Crippen MR) is 128 cm³/mol. The number of halogens is 3. The molecule has 37 heavy (non-hydrogen) atoms. The van der Waals surface area contributed by atoms with Gasteiger partial charge in [0.15, 0.2) is 0 Å². The summed E-state index contributed by atoms with van der Waals surface area (Å²) in [5.41, 5.74) is 1.88. The van der Waals surface area contributed by atoms with Crippen LogP contribution in [0.5, 0.6) is 5.75 Å². The lowest BCUT2D eigenvalue weighted by molar-refractivity contribution is -0.148. The minimum atomic E-state index is -4.21. The van der Waals surface area contributed by atoms with Crippen molar-refractivity contribution in [3.05, 3.63) is 71.0 Å². The van der Waals surface area contributed by atoms with E-state index in [0.717, 1.165) is 0 Å². The van der Waals surface area contributed by atoms with E-state index in [-0.39, 0.29) is 29.3 Å². The van der Waals surface area contributed by atoms with E-state index in [4.69, 9.17) is 4.74 Å². The summed E-state index contributed by atoms with van der Waals surface area (Å²) in [6.07, 6.45) is -2.82. The number of carbonyl (C=O) groups excluding carboxylic acids is 2. The molecule has 0 saturated heterocycles. The molecule has 0 spiro atoms. The van der Waals surface area contributed by atoms with Crippen LogP contribution in [0.15, 0.2) is 48.7 Å². The second kappa shape index (κ2) is 8.96. The van der Waals surface area contributed by atoms with Crippen LogP contribution < -0.4 is 15.0 Å². The molecule has 3 atom stereocenters. The fourth-order valence-electron chi connectivity index (χ4n) is 4.81. The van der Waals surface area contributed by atoms with Gasteiger partial charge in [-0.3, -0.25) is 14.3 Å². The van der Waals surface area contributed by atoms with Gasteiger partial charge in [-0.15, -0.1) is 0 Å². The van der Waals surface area contributed by atoms with Gasteiger partial charge in [0.1, 0.15) is 17.5 Å². The first kappa shape index (κ1) is 24.4. The van der Waals surface area contributed by atoms with Crippen molar-refractivity contribution in [1.29, 1.82) is 5.26 Å². The molecule has 2 aromatic carbocycles. The highest BCUT2D eigenvalue weighted by molar-refractivity contribution is 6.15. The van der Waals surface area contributed by atoms with Gasteiger partial charge >= 0.3 is 6.18 Å². The van der Waals surface area contributed by atoms with Crippen molar-refractivity contribution >= 4 is 23.2 Å². The molecule has 11 heteroatoms. The lowest BCUT2D eigenvalue weighted by Crippen LogP contribution is -2.47. The molecule has 1 saturated carbocycles. The number of nitrogens with zero attached hydrogens (tertiary/aromatic N) is 4. The second-order valence-corrected chi connectivity index (χ2v) is 9.18. The minimum absolute atomic E-state index is 0.0684. The standard InChI is InChI=1S/C26H22F3N5O3/c1-14-13-33-23(20(12-31-33)24(35)32-17-5-8-22(37-2)16(9-17)11-30)25(36)34(14)18-6-3-15(4-7-18)19-10-21(19)26(27,28)29/h3-9,12,14,19,21H,10,13H2,1-2H3,(H,32,35)/t14-,19-,21+/m0/s1. The number of hydrogen-bond donors (Lipinski definition) is 1. The number of benzene rings is 2. The summed E-state index contributed by atoms with van der Waals surface area (Å²) in [5.74, 6) is -2.52. The number of anilines is 2. The largest absolute Gasteiger partial charge is 0.495 e. The second-order valence-electron chi connectivity index (χ2n) is 9.18. The Labute approximate surface area is 210 Å². The van der Waals surface area contributed by atoms with E-state index in [2.05, 4.69) is 10.4 Å². The summed E-state index contributed by atoms with van der Waals surface area (Å²) in [7, 11) is 1.44. The summed E-state index contributed by atoms with van der Waals surface area (Å²) in [4.78, 5) is 28.1. The fourth-order valence-corrected chi connectivity index (χ4v) is 4.81. The molecule has 0 radical (unpaired) electrons. The van der Waals surface area contributed by atoms with Gasteiger partial charge in [-0.05, 0) is 55.2 Å². The van der Waals surface area contributed by atoms with Crippen LogP contribution in [0.4, 0.5) is 24.5 Å². The van der Waals surface area contributed by atoms with E-state index in [9.17, 15) is 28.0 Å². The van der Waals surface area contributed by atoms with Crippen molar-refractivity contribution in [3.63, 3.8) is 0 Å². The van der Waals surface area contributed by atoms with Crippen molar-refractivity contribution in [2.45, 2.75) is 38.0 Å². The Balaban J connectivity index is 1.37. The summed E-state index contributed by atoms with van der Waals surface area (Å²) in [6, 6.07) is 12.8. The van der Waals surface area contributed by atoms with Gasteiger partial charge in [0.05, 0.1) is 42.9 Å². The Bertz CT molecular complexity index is 1420. The molecule has 1 fully saturated rings. The molecule has 190 valence electrons. The summed E-state index contributed by atoms with van der Waals surface area (Å²) < 4.78 is 45.5. The maximum Gasteiger partial charge on any atom is 0.392 e. The molecule has 1 aliphatic heterocycles. The Hall–Kier alpha value is -4.33. The van der Waals surface area contributed by atoms with E-state index >= 15 is 0 Å². The number of alkyl halides is 3. The van der Waals surface area contributed by atoms with Crippen LogP contribution in [0.2, 0.25) is 0 Å². The zero-order valence-corrected chi connectivity index (χ0v) is 19.9. The van der Waals surface area contributed by atoms with Gasteiger partial charge in [-0.2, -0.15) is 23.5 Å². The first-order valence-corrected chi connectivity index (χ1v) is 11.6. The topological polar surface area (TPSA) is 100 Å². The molecule has 1 N–H and O–H groups in total. The van der Waals surface area contributed by atoms with Crippen LogP contribution in [0, 0.1) is 17.2 Å². The number of fused-ring (bicyclic) bond motifs is 1. The third kappa shape index (κ3) is 4.39. The van der Waals surface area contributed by atoms with E-state index in [1.54, 1.807) is 36.4 Å². The van der Waals surface area contributed by atoms with Gasteiger partial charge < -0.3 is 15.0 Å². The van der Waals surface area contributed by atoms with E-state index < -0.39 is 29.8 Å². The highest BCUT2D eigenvalue weighted by Gasteiger charge is 2.56. The molecular weight excluding hydrogens is 487 g/mol. The number of nitrogens with one attached hydrogen (secondary N) is 1. The minimum Gasteiger partial charge on any atom is -0.495 e. The zero-order chi connectivity index (χ0) is 26.5. The predicted octanol–water partition coefficient (Wildman–Crippen LogP) is 4.73. The molecule has 0 unspecified atom stereocenters. The van der Waals surface area contributed by atoms with Crippen molar-refractivity contribution < 1.29 is 27.5 Å². The van der Waals surface area contributed by atoms with Crippen LogP contribution in [-0.2, 0) is 6.54 Å². The maximum absolute atomic E-state index is 13.5. The summed E-state index contributed by atoms with van der Waals surface area (Å²) in [5, 5.41) is 16.2. The quantitative estimate of drug-likeness (QED) is 0.536. The van der Waals surface area contributed by atoms with Gasteiger partial charge in [0, 0.05) is 11.4 Å². The third-order valence-electron chi connectivity index (χ3n) is 6.77. The smallest absolute Gasteiger partial charge is 0.392 e. The zero-order valence-electron chi connectivity index (χ0n) is 19.9. The number of carbonyl (C=O) groups is 2. The van der Waals surface area contributed by atoms with Crippen molar-refractivity contribution in [1.82, 2.24) is 9.78 Å². The lowest BCUT2D eigenvalue weighted by atomic mass is 10.1. The molecule has 0 bridgehead atoms. The summed E-state index contributed by atoms with van der Waals surface area (Å²) >= 11 is 0. The number of methoxy groups -OCH3 is 1. The molecular formula is C26H22F3N5O3. The first-order valence-electron chi connectivity index (χ1n) is 11.6. The molecule has 1 aliphatic carbocycles. The van der Waals surface area contributed by atoms with Crippen LogP contribution >= 0.6 is 0 Å². The molecule has 1 aromatic heterocycles. The maximum atomic E-state index is 13.5. The molecule has 5 rings (SSSR count). The monoisotopic (exact) mass is 509 g/mol. The van der Waals surface area contributed by atoms with Crippen molar-refractivity contribution in [3.8, 4) is 11.8 Å². The van der Waals surface area contributed by atoms with Gasteiger partial charge in [0.2, 0.25) is 0 Å². The number of nitriles is 1. The molecule has 8 nitrogen and oxygen atoms in total. The Morgan fingerprint density at radius 2 is 1.95 bits per heavy atom. The number of hydrogen-bond acceptors (Lipinski definition) is 5. The Kier molecular flexibility index (Phi) is 5.90. The number of amides is 2. The lowest BCUT2D eigenvalue weighted by Gasteiger charge is -2.34. The van der Waals surface area contributed by atoms with E-state index in [1.807, 2.05) is 13.0 Å². The van der Waals surface area contributed by atoms with Gasteiger partial charge in [-0.25, -0.2) is 0 Å². The molecule has 2 aliphatic rings. The number of ether oxygens (including phenoxy) is 1. The third-order valence-corrected chi connectivity index (χ3v) is 6.77. The van der Waals surface area contributed by atoms with Crippen LogP contribution in [-0.4, -0.2) is 40.9 Å². The average Bonchev–Trinajstić information content (AvgIpc) is 3.58. The van der Waals surface area contributed by atoms with E-state index in [0.29, 0.717) is 29.2 Å². The molecule has 2 amide bonds. The van der Waals surface area contributed by atoms with E-state index in [1.165, 1.54) is 29.0 Å². The summed E-state index contributed by atoms with van der Waals surface area (Å²) in [6.45, 7) is 2.16. The average molecular weight is 509 g/mol. The van der Waals surface area contributed by atoms with Crippen LogP contribution in [0.3, 0.4) is 0 Å². The number of rotatable bonds is 5. The number of aromatic nitrogens is 2. The first-order chi connectivity index (χ1) is 17.6. The van der Waals surface area contributed by atoms with Gasteiger partial charge in [0.25, 0.3) is 11.8 Å². The molecule has 3 aromatic rings. The van der Waals surface area contributed by atoms with Gasteiger partial charge in [-0.1, -0.05) is 12.1 Å². The van der Waals surface area contributed by atoms with Crippen molar-refractivity contribution in [2.75, 3.05) is 17.3 Å². The molecule has 2 heterocycles. The Morgan fingerprint density at radius 3 is 2.57 bits per heavy atom. The normalized spacial score (nSPS) is 20.7. The highest BCUT2D eigenvalue weighted by Crippen LogP contribution is 2.56. The van der Waals surface area contributed by atoms with Crippen molar-refractivity contribution in [2.24, 2.45) is 5.92 Å². The van der Waals surface area contributed by atoms with Crippen LogP contribution in [0.25, 0.3) is 0 Å². The Morgan fingerprint density at radius 1 is 1.22 bits per heavy atom. The SMILES string of the molecule is COc1ccc(NC(=O)c2cnn3c2C(=O)N(c2ccc([C@@H]4C[C@H]4C(F)(F)F)cc2)[C@@H](C)C3)cc1C#N. The fraction of sp³-hybridized carbons (Fsp3) is 0.308.